The van der Waals surface area contributed by atoms with Gasteiger partial charge in [-0.3, -0.25) is 4.79 Å². The largest absolute Gasteiger partial charge is 0.497 e. The predicted molar refractivity (Wildman–Crippen MR) is 48.6 cm³/mol. The van der Waals surface area contributed by atoms with Gasteiger partial charge in [-0.15, -0.1) is 0 Å². The summed E-state index contributed by atoms with van der Waals surface area (Å²) in [5.41, 5.74) is 0.562. The van der Waals surface area contributed by atoms with Gasteiger partial charge in [0.2, 0.25) is 0 Å². The Morgan fingerprint density at radius 2 is 2.23 bits per heavy atom. The summed E-state index contributed by atoms with van der Waals surface area (Å²) in [6.07, 6.45) is -1.05. The molecule has 0 aliphatic heterocycles. The number of ketones is 1. The first-order chi connectivity index (χ1) is 6.15. The van der Waals surface area contributed by atoms with Crippen LogP contribution in [0.5, 0.6) is 5.75 Å². The van der Waals surface area contributed by atoms with E-state index in [9.17, 15) is 9.90 Å². The summed E-state index contributed by atoms with van der Waals surface area (Å²) in [6.45, 7) is 1.35. The van der Waals surface area contributed by atoms with Gasteiger partial charge < -0.3 is 9.84 Å². The van der Waals surface area contributed by atoms with E-state index in [4.69, 9.17) is 4.74 Å². The number of methoxy groups -OCH3 is 1. The maximum atomic E-state index is 10.9. The van der Waals surface area contributed by atoms with Gasteiger partial charge in [0.15, 0.2) is 5.78 Å². The second-order valence-corrected chi connectivity index (χ2v) is 2.79. The summed E-state index contributed by atoms with van der Waals surface area (Å²) < 4.78 is 4.96. The van der Waals surface area contributed by atoms with Crippen molar-refractivity contribution in [3.05, 3.63) is 29.8 Å². The van der Waals surface area contributed by atoms with E-state index < -0.39 is 6.10 Å². The number of rotatable bonds is 3. The Bertz CT molecular complexity index is 307. The molecule has 0 radical (unpaired) electrons. The molecular weight excluding hydrogens is 168 g/mol. The van der Waals surface area contributed by atoms with E-state index in [-0.39, 0.29) is 5.78 Å². The third kappa shape index (κ3) is 2.29. The molecule has 0 unspecified atom stereocenters. The molecule has 70 valence electrons. The molecule has 1 atom stereocenters. The number of carbonyl (C=O) groups excluding carboxylic acids is 1. The molecule has 0 aliphatic rings. The van der Waals surface area contributed by atoms with Gasteiger partial charge in [0, 0.05) is 0 Å². The van der Waals surface area contributed by atoms with Crippen LogP contribution in [0.15, 0.2) is 24.3 Å². The highest BCUT2D eigenvalue weighted by atomic mass is 16.5. The van der Waals surface area contributed by atoms with Crippen molar-refractivity contribution in [2.45, 2.75) is 13.0 Å². The summed E-state index contributed by atoms with van der Waals surface area (Å²) in [5.74, 6) is 0.367. The Hall–Kier alpha value is -1.35. The van der Waals surface area contributed by atoms with E-state index >= 15 is 0 Å². The van der Waals surface area contributed by atoms with Crippen LogP contribution in [0.4, 0.5) is 0 Å². The van der Waals surface area contributed by atoms with Crippen molar-refractivity contribution in [1.82, 2.24) is 0 Å². The van der Waals surface area contributed by atoms with Gasteiger partial charge in [-0.05, 0) is 24.6 Å². The Labute approximate surface area is 77.0 Å². The molecule has 0 saturated carbocycles. The molecule has 3 nitrogen and oxygen atoms in total. The van der Waals surface area contributed by atoms with Crippen LogP contribution in [0.2, 0.25) is 0 Å². The SMILES string of the molecule is COc1cccc([C@@H](O)C(C)=O)c1. The molecule has 0 bridgehead atoms. The van der Waals surface area contributed by atoms with Crippen molar-refractivity contribution in [2.24, 2.45) is 0 Å². The average Bonchev–Trinajstić information content (AvgIpc) is 2.16. The van der Waals surface area contributed by atoms with E-state index in [2.05, 4.69) is 0 Å². The molecule has 1 rings (SSSR count). The lowest BCUT2D eigenvalue weighted by Crippen LogP contribution is -2.07. The Morgan fingerprint density at radius 3 is 2.77 bits per heavy atom. The lowest BCUT2D eigenvalue weighted by molar-refractivity contribution is -0.125. The number of hydrogen-bond acceptors (Lipinski definition) is 3. The van der Waals surface area contributed by atoms with Crippen LogP contribution in [0.25, 0.3) is 0 Å². The summed E-state index contributed by atoms with van der Waals surface area (Å²) in [7, 11) is 1.54. The molecule has 0 aliphatic carbocycles. The fraction of sp³-hybridized carbons (Fsp3) is 0.300. The Balaban J connectivity index is 2.94. The van der Waals surface area contributed by atoms with Crippen molar-refractivity contribution in [2.75, 3.05) is 7.11 Å². The van der Waals surface area contributed by atoms with E-state index in [0.717, 1.165) is 0 Å². The molecule has 13 heavy (non-hydrogen) atoms. The first-order valence-electron chi connectivity index (χ1n) is 3.97. The molecule has 0 aromatic heterocycles. The standard InChI is InChI=1S/C10H12O3/c1-7(11)10(12)8-4-3-5-9(6-8)13-2/h3-6,10,12H,1-2H3/t10-/m0/s1. The second-order valence-electron chi connectivity index (χ2n) is 2.79. The average molecular weight is 180 g/mol. The first kappa shape index (κ1) is 9.74. The number of benzene rings is 1. The first-order valence-corrected chi connectivity index (χ1v) is 3.97. The van der Waals surface area contributed by atoms with E-state index in [0.29, 0.717) is 11.3 Å². The van der Waals surface area contributed by atoms with Gasteiger partial charge in [-0.2, -0.15) is 0 Å². The number of ether oxygens (including phenoxy) is 1. The molecule has 1 N–H and O–H groups in total. The predicted octanol–water partition coefficient (Wildman–Crippen LogP) is 1.32. The van der Waals surface area contributed by atoms with E-state index in [1.165, 1.54) is 6.92 Å². The molecular formula is C10H12O3. The summed E-state index contributed by atoms with van der Waals surface area (Å²) in [6, 6.07) is 6.83. The zero-order chi connectivity index (χ0) is 9.84. The van der Waals surface area contributed by atoms with Crippen LogP contribution < -0.4 is 4.74 Å². The van der Waals surface area contributed by atoms with Crippen molar-refractivity contribution in [3.8, 4) is 5.75 Å². The number of aliphatic hydroxyl groups excluding tert-OH is 1. The van der Waals surface area contributed by atoms with E-state index in [1.807, 2.05) is 0 Å². The maximum Gasteiger partial charge on any atom is 0.162 e. The zero-order valence-corrected chi connectivity index (χ0v) is 7.65. The fourth-order valence-electron chi connectivity index (χ4n) is 1.05. The molecule has 0 saturated heterocycles. The maximum absolute atomic E-state index is 10.9. The van der Waals surface area contributed by atoms with Crippen molar-refractivity contribution in [1.29, 1.82) is 0 Å². The number of hydrogen-bond donors (Lipinski definition) is 1. The molecule has 0 fully saturated rings. The van der Waals surface area contributed by atoms with Crippen LogP contribution in [0, 0.1) is 0 Å². The monoisotopic (exact) mass is 180 g/mol. The highest BCUT2D eigenvalue weighted by molar-refractivity contribution is 5.81. The van der Waals surface area contributed by atoms with Gasteiger partial charge in [-0.1, -0.05) is 12.1 Å². The molecule has 3 heteroatoms. The topological polar surface area (TPSA) is 46.5 Å². The van der Waals surface area contributed by atoms with Crippen LogP contribution in [0.3, 0.4) is 0 Å². The van der Waals surface area contributed by atoms with Crippen LogP contribution in [0.1, 0.15) is 18.6 Å². The smallest absolute Gasteiger partial charge is 0.162 e. The fourth-order valence-corrected chi connectivity index (χ4v) is 1.05. The van der Waals surface area contributed by atoms with Gasteiger partial charge in [0.05, 0.1) is 7.11 Å². The minimum atomic E-state index is -1.05. The highest BCUT2D eigenvalue weighted by Gasteiger charge is 2.12. The van der Waals surface area contributed by atoms with Gasteiger partial charge in [0.1, 0.15) is 11.9 Å². The van der Waals surface area contributed by atoms with E-state index in [1.54, 1.807) is 31.4 Å². The van der Waals surface area contributed by atoms with Crippen LogP contribution >= 0.6 is 0 Å². The van der Waals surface area contributed by atoms with Crippen molar-refractivity contribution in [3.63, 3.8) is 0 Å². The third-order valence-corrected chi connectivity index (χ3v) is 1.79. The molecule has 0 amide bonds. The van der Waals surface area contributed by atoms with Crippen LogP contribution in [-0.2, 0) is 4.79 Å². The lowest BCUT2D eigenvalue weighted by atomic mass is 10.1. The third-order valence-electron chi connectivity index (χ3n) is 1.79. The van der Waals surface area contributed by atoms with Crippen molar-refractivity contribution < 1.29 is 14.6 Å². The van der Waals surface area contributed by atoms with Crippen molar-refractivity contribution >= 4 is 5.78 Å². The Kier molecular flexibility index (Phi) is 3.03. The second kappa shape index (κ2) is 4.05. The normalized spacial score (nSPS) is 12.2. The molecule has 0 spiro atoms. The molecule has 1 aromatic carbocycles. The summed E-state index contributed by atoms with van der Waals surface area (Å²) in [4.78, 5) is 10.9. The number of aliphatic hydroxyl groups is 1. The minimum Gasteiger partial charge on any atom is -0.497 e. The summed E-state index contributed by atoms with van der Waals surface area (Å²) in [5, 5.41) is 9.41. The lowest BCUT2D eigenvalue weighted by Gasteiger charge is -2.08. The van der Waals surface area contributed by atoms with Gasteiger partial charge >= 0.3 is 0 Å². The van der Waals surface area contributed by atoms with Gasteiger partial charge in [0.25, 0.3) is 0 Å². The Morgan fingerprint density at radius 1 is 1.54 bits per heavy atom. The van der Waals surface area contributed by atoms with Crippen LogP contribution in [-0.4, -0.2) is 18.0 Å². The van der Waals surface area contributed by atoms with Gasteiger partial charge in [-0.25, -0.2) is 0 Å². The molecule has 1 aromatic rings. The highest BCUT2D eigenvalue weighted by Crippen LogP contribution is 2.19. The quantitative estimate of drug-likeness (QED) is 0.763. The zero-order valence-electron chi connectivity index (χ0n) is 7.65. The summed E-state index contributed by atoms with van der Waals surface area (Å²) >= 11 is 0. The number of carbonyl (C=O) groups is 1. The minimum absolute atomic E-state index is 0.270. The number of Topliss-reactive ketones (excluding diaryl/α,β-unsaturated/α-hetero) is 1. The molecule has 0 heterocycles.